The van der Waals surface area contributed by atoms with Crippen LogP contribution in [0.2, 0.25) is 10.0 Å². The molecule has 0 spiro atoms. The van der Waals surface area contributed by atoms with E-state index in [4.69, 9.17) is 23.2 Å². The average molecular weight is 331 g/mol. The monoisotopic (exact) mass is 330 g/mol. The summed E-state index contributed by atoms with van der Waals surface area (Å²) in [4.78, 5) is 19.0. The van der Waals surface area contributed by atoms with Crippen molar-refractivity contribution in [1.29, 1.82) is 0 Å². The van der Waals surface area contributed by atoms with E-state index in [1.54, 1.807) is 6.07 Å². The van der Waals surface area contributed by atoms with Gasteiger partial charge >= 0.3 is 0 Å². The summed E-state index contributed by atoms with van der Waals surface area (Å²) in [5.74, 6) is -0.210. The van der Waals surface area contributed by atoms with Crippen molar-refractivity contribution in [3.63, 3.8) is 0 Å². The lowest BCUT2D eigenvalue weighted by Crippen LogP contribution is -2.14. The summed E-state index contributed by atoms with van der Waals surface area (Å²) in [5.41, 5.74) is 3.89. The van der Waals surface area contributed by atoms with Crippen molar-refractivity contribution in [2.45, 2.75) is 6.42 Å². The number of hydrogen-bond donors (Lipinski definition) is 0. The summed E-state index contributed by atoms with van der Waals surface area (Å²) < 4.78 is 0. The summed E-state index contributed by atoms with van der Waals surface area (Å²) in [5, 5.41) is 1.27. The average Bonchev–Trinajstić information content (AvgIpc) is 2.48. The number of carbonyl (C=O) groups excluding carboxylic acids is 1. The molecule has 0 fully saturated rings. The molecular formula is C17H12Cl2N2O. The van der Waals surface area contributed by atoms with E-state index in [1.807, 2.05) is 36.4 Å². The second-order valence-electron chi connectivity index (χ2n) is 5.00. The SMILES string of the molecule is O=C1CN=C(c2ccc(Cc3cc(Cl)cc(Cl)c3)cc2)C=N1. The van der Waals surface area contributed by atoms with Crippen LogP contribution in [0.1, 0.15) is 16.7 Å². The highest BCUT2D eigenvalue weighted by atomic mass is 35.5. The molecule has 3 rings (SSSR count). The third kappa shape index (κ3) is 3.62. The van der Waals surface area contributed by atoms with Crippen LogP contribution in [-0.4, -0.2) is 24.4 Å². The molecule has 2 aromatic carbocycles. The maximum Gasteiger partial charge on any atom is 0.267 e. The molecule has 0 aromatic heterocycles. The number of amides is 1. The van der Waals surface area contributed by atoms with Crippen LogP contribution in [0.4, 0.5) is 0 Å². The molecule has 0 radical (unpaired) electrons. The molecule has 1 aliphatic heterocycles. The minimum absolute atomic E-state index is 0.120. The number of benzene rings is 2. The third-order valence-electron chi connectivity index (χ3n) is 3.30. The lowest BCUT2D eigenvalue weighted by Gasteiger charge is -2.07. The smallest absolute Gasteiger partial charge is 0.267 e. The molecule has 3 nitrogen and oxygen atoms in total. The Morgan fingerprint density at radius 1 is 0.955 bits per heavy atom. The molecule has 1 amide bonds. The Balaban J connectivity index is 1.77. The van der Waals surface area contributed by atoms with Gasteiger partial charge in [-0.2, -0.15) is 0 Å². The van der Waals surface area contributed by atoms with Gasteiger partial charge in [0.25, 0.3) is 5.91 Å². The van der Waals surface area contributed by atoms with E-state index >= 15 is 0 Å². The van der Waals surface area contributed by atoms with Crippen LogP contribution in [0.25, 0.3) is 0 Å². The molecule has 0 atom stereocenters. The van der Waals surface area contributed by atoms with Gasteiger partial charge in [0.15, 0.2) is 0 Å². The quantitative estimate of drug-likeness (QED) is 0.839. The molecule has 0 N–H and O–H groups in total. The van der Waals surface area contributed by atoms with Gasteiger partial charge in [0.05, 0.1) is 11.9 Å². The van der Waals surface area contributed by atoms with Gasteiger partial charge in [-0.15, -0.1) is 0 Å². The summed E-state index contributed by atoms with van der Waals surface area (Å²) in [7, 11) is 0. The molecule has 2 aromatic rings. The van der Waals surface area contributed by atoms with Gasteiger partial charge in [-0.1, -0.05) is 47.5 Å². The first-order chi connectivity index (χ1) is 10.6. The highest BCUT2D eigenvalue weighted by Gasteiger charge is 2.08. The van der Waals surface area contributed by atoms with Crippen molar-refractivity contribution in [2.24, 2.45) is 9.98 Å². The predicted octanol–water partition coefficient (Wildman–Crippen LogP) is 3.98. The van der Waals surface area contributed by atoms with Crippen molar-refractivity contribution in [3.8, 4) is 0 Å². The van der Waals surface area contributed by atoms with Crippen LogP contribution < -0.4 is 0 Å². The lowest BCUT2D eigenvalue weighted by molar-refractivity contribution is -0.116. The topological polar surface area (TPSA) is 41.8 Å². The zero-order valence-electron chi connectivity index (χ0n) is 11.6. The van der Waals surface area contributed by atoms with E-state index in [0.29, 0.717) is 10.0 Å². The van der Waals surface area contributed by atoms with Crippen molar-refractivity contribution in [1.82, 2.24) is 0 Å². The Bertz CT molecular complexity index is 759. The van der Waals surface area contributed by atoms with E-state index in [-0.39, 0.29) is 12.5 Å². The molecule has 110 valence electrons. The van der Waals surface area contributed by atoms with Gasteiger partial charge < -0.3 is 0 Å². The predicted molar refractivity (Wildman–Crippen MR) is 90.6 cm³/mol. The number of carbonyl (C=O) groups is 1. The minimum Gasteiger partial charge on any atom is -0.273 e. The minimum atomic E-state index is -0.210. The van der Waals surface area contributed by atoms with Crippen LogP contribution in [0.5, 0.6) is 0 Å². The van der Waals surface area contributed by atoms with E-state index in [2.05, 4.69) is 9.98 Å². The number of hydrogen-bond acceptors (Lipinski definition) is 2. The Morgan fingerprint density at radius 2 is 1.64 bits per heavy atom. The van der Waals surface area contributed by atoms with Gasteiger partial charge in [0, 0.05) is 15.6 Å². The molecule has 5 heteroatoms. The fraction of sp³-hybridized carbons (Fsp3) is 0.118. The first kappa shape index (κ1) is 14.9. The Hall–Kier alpha value is -1.97. The molecule has 22 heavy (non-hydrogen) atoms. The maximum absolute atomic E-state index is 11.0. The molecule has 1 aliphatic rings. The lowest BCUT2D eigenvalue weighted by atomic mass is 10.0. The van der Waals surface area contributed by atoms with Crippen molar-refractivity contribution >= 4 is 41.0 Å². The van der Waals surface area contributed by atoms with Crippen LogP contribution in [-0.2, 0) is 11.2 Å². The summed E-state index contributed by atoms with van der Waals surface area (Å²) >= 11 is 12.0. The normalized spacial score (nSPS) is 14.1. The fourth-order valence-electron chi connectivity index (χ4n) is 2.28. The summed E-state index contributed by atoms with van der Waals surface area (Å²) in [6, 6.07) is 13.5. The molecule has 0 saturated carbocycles. The number of nitrogens with zero attached hydrogens (tertiary/aromatic N) is 2. The fourth-order valence-corrected chi connectivity index (χ4v) is 2.85. The van der Waals surface area contributed by atoms with Crippen molar-refractivity contribution in [2.75, 3.05) is 6.54 Å². The molecule has 0 unspecified atom stereocenters. The molecule has 0 saturated heterocycles. The highest BCUT2D eigenvalue weighted by Crippen LogP contribution is 2.21. The standard InChI is InChI=1S/C17H12Cl2N2O/c18-14-6-12(7-15(19)8-14)5-11-1-3-13(4-2-11)16-9-21-17(22)10-20-16/h1-4,6-9H,5,10H2. The van der Waals surface area contributed by atoms with Gasteiger partial charge in [-0.05, 0) is 35.7 Å². The van der Waals surface area contributed by atoms with Crippen molar-refractivity contribution in [3.05, 3.63) is 69.2 Å². The van der Waals surface area contributed by atoms with Crippen LogP contribution in [0, 0.1) is 0 Å². The van der Waals surface area contributed by atoms with Gasteiger partial charge in [0.2, 0.25) is 0 Å². The third-order valence-corrected chi connectivity index (χ3v) is 3.73. The summed E-state index contributed by atoms with van der Waals surface area (Å²) in [6.45, 7) is 0.120. The van der Waals surface area contributed by atoms with Crippen LogP contribution in [0.3, 0.4) is 0 Å². The zero-order valence-corrected chi connectivity index (χ0v) is 13.1. The van der Waals surface area contributed by atoms with Crippen LogP contribution in [0.15, 0.2) is 52.4 Å². The number of rotatable bonds is 3. The van der Waals surface area contributed by atoms with E-state index < -0.39 is 0 Å². The van der Waals surface area contributed by atoms with Gasteiger partial charge in [-0.25, -0.2) is 4.99 Å². The van der Waals surface area contributed by atoms with Gasteiger partial charge in [-0.3, -0.25) is 9.79 Å². The number of halogens is 2. The second-order valence-corrected chi connectivity index (χ2v) is 5.88. The van der Waals surface area contributed by atoms with E-state index in [9.17, 15) is 4.79 Å². The summed E-state index contributed by atoms with van der Waals surface area (Å²) in [6.07, 6.45) is 2.26. The van der Waals surface area contributed by atoms with E-state index in [0.717, 1.165) is 28.8 Å². The zero-order chi connectivity index (χ0) is 15.5. The Labute approximate surface area is 138 Å². The van der Waals surface area contributed by atoms with Crippen molar-refractivity contribution < 1.29 is 4.79 Å². The highest BCUT2D eigenvalue weighted by molar-refractivity contribution is 6.40. The molecule has 0 bridgehead atoms. The largest absolute Gasteiger partial charge is 0.273 e. The molecule has 0 aliphatic carbocycles. The number of aliphatic imine (C=N–C) groups is 2. The first-order valence-electron chi connectivity index (χ1n) is 6.76. The van der Waals surface area contributed by atoms with Crippen LogP contribution >= 0.6 is 23.2 Å². The maximum atomic E-state index is 11.0. The molecular weight excluding hydrogens is 319 g/mol. The first-order valence-corrected chi connectivity index (χ1v) is 7.51. The Morgan fingerprint density at radius 3 is 2.23 bits per heavy atom. The second kappa shape index (κ2) is 6.42. The van der Waals surface area contributed by atoms with E-state index in [1.165, 1.54) is 6.21 Å². The molecule has 1 heterocycles. The Kier molecular flexibility index (Phi) is 4.36. The van der Waals surface area contributed by atoms with Gasteiger partial charge in [0.1, 0.15) is 6.54 Å².